The highest BCUT2D eigenvalue weighted by Gasteiger charge is 2.25. The summed E-state index contributed by atoms with van der Waals surface area (Å²) in [5, 5.41) is 0.814. The number of hydrogen-bond acceptors (Lipinski definition) is 5. The van der Waals surface area contributed by atoms with Gasteiger partial charge < -0.3 is 19.2 Å². The summed E-state index contributed by atoms with van der Waals surface area (Å²) in [6.07, 6.45) is -0.927. The zero-order valence-corrected chi connectivity index (χ0v) is 15.7. The second-order valence-corrected chi connectivity index (χ2v) is 6.15. The molecule has 0 aliphatic rings. The third kappa shape index (κ3) is 3.51. The molecular formula is C21H21NO5. The third-order valence-electron chi connectivity index (χ3n) is 4.41. The molecule has 0 saturated heterocycles. The third-order valence-corrected chi connectivity index (χ3v) is 4.41. The molecule has 0 fully saturated rings. The number of ketones is 1. The van der Waals surface area contributed by atoms with E-state index in [1.165, 1.54) is 20.3 Å². The Morgan fingerprint density at radius 3 is 2.41 bits per heavy atom. The number of aromatic amines is 1. The van der Waals surface area contributed by atoms with Crippen molar-refractivity contribution >= 4 is 22.7 Å². The molecule has 2 aromatic carbocycles. The summed E-state index contributed by atoms with van der Waals surface area (Å²) in [5.41, 5.74) is 2.44. The number of H-pyrrole nitrogens is 1. The zero-order chi connectivity index (χ0) is 19.6. The molecule has 0 unspecified atom stereocenters. The van der Waals surface area contributed by atoms with Gasteiger partial charge in [0.2, 0.25) is 5.78 Å². The van der Waals surface area contributed by atoms with Crippen LogP contribution in [-0.2, 0) is 4.74 Å². The van der Waals surface area contributed by atoms with Gasteiger partial charge in [-0.15, -0.1) is 0 Å². The van der Waals surface area contributed by atoms with Crippen molar-refractivity contribution in [1.82, 2.24) is 4.98 Å². The Morgan fingerprint density at radius 1 is 1.00 bits per heavy atom. The lowest BCUT2D eigenvalue weighted by Crippen LogP contribution is -2.25. The highest BCUT2D eigenvalue weighted by molar-refractivity contribution is 6.11. The lowest BCUT2D eigenvalue weighted by atomic mass is 10.0. The highest BCUT2D eigenvalue weighted by atomic mass is 16.5. The average molecular weight is 367 g/mol. The lowest BCUT2D eigenvalue weighted by molar-refractivity contribution is 0.0318. The summed E-state index contributed by atoms with van der Waals surface area (Å²) in [5.74, 6) is 0.0686. The predicted octanol–water partition coefficient (Wildman–Crippen LogP) is 3.92. The van der Waals surface area contributed by atoms with Gasteiger partial charge >= 0.3 is 5.97 Å². The fourth-order valence-electron chi connectivity index (χ4n) is 3.04. The first kappa shape index (κ1) is 18.5. The predicted molar refractivity (Wildman–Crippen MR) is 102 cm³/mol. The molecule has 0 amide bonds. The molecule has 3 aromatic rings. The van der Waals surface area contributed by atoms with Crippen LogP contribution in [0.3, 0.4) is 0 Å². The normalized spacial score (nSPS) is 11.9. The molecular weight excluding hydrogens is 346 g/mol. The molecule has 27 heavy (non-hydrogen) atoms. The zero-order valence-electron chi connectivity index (χ0n) is 15.7. The van der Waals surface area contributed by atoms with E-state index in [4.69, 9.17) is 14.2 Å². The Labute approximate surface area is 157 Å². The summed E-state index contributed by atoms with van der Waals surface area (Å²) in [6, 6.07) is 12.2. The second kappa shape index (κ2) is 7.53. The van der Waals surface area contributed by atoms with Crippen molar-refractivity contribution in [3.8, 4) is 11.5 Å². The number of methoxy groups -OCH3 is 2. The first-order chi connectivity index (χ1) is 13.0. The summed E-state index contributed by atoms with van der Waals surface area (Å²) >= 11 is 0. The number of rotatable bonds is 6. The van der Waals surface area contributed by atoms with E-state index in [0.717, 1.165) is 16.6 Å². The lowest BCUT2D eigenvalue weighted by Gasteiger charge is -2.14. The van der Waals surface area contributed by atoms with Gasteiger partial charge in [0.05, 0.1) is 19.8 Å². The van der Waals surface area contributed by atoms with Crippen molar-refractivity contribution in [3.63, 3.8) is 0 Å². The largest absolute Gasteiger partial charge is 0.493 e. The molecule has 1 N–H and O–H groups in total. The van der Waals surface area contributed by atoms with Crippen LogP contribution in [0.25, 0.3) is 10.9 Å². The van der Waals surface area contributed by atoms with Crippen LogP contribution in [0.15, 0.2) is 42.5 Å². The van der Waals surface area contributed by atoms with Crippen molar-refractivity contribution in [3.05, 3.63) is 59.3 Å². The van der Waals surface area contributed by atoms with E-state index in [0.29, 0.717) is 17.1 Å². The molecule has 1 aromatic heterocycles. The van der Waals surface area contributed by atoms with E-state index in [9.17, 15) is 9.59 Å². The van der Waals surface area contributed by atoms with Gasteiger partial charge in [-0.05, 0) is 38.1 Å². The molecule has 0 saturated carbocycles. The van der Waals surface area contributed by atoms with Crippen LogP contribution in [-0.4, -0.2) is 37.1 Å². The number of hydrogen-bond donors (Lipinski definition) is 1. The van der Waals surface area contributed by atoms with Gasteiger partial charge in [0.15, 0.2) is 17.6 Å². The molecule has 0 aliphatic carbocycles. The molecule has 140 valence electrons. The Hall–Kier alpha value is -3.28. The topological polar surface area (TPSA) is 77.6 Å². The van der Waals surface area contributed by atoms with Crippen LogP contribution >= 0.6 is 0 Å². The molecule has 3 rings (SSSR count). The Balaban J connectivity index is 1.82. The molecule has 1 heterocycles. The monoisotopic (exact) mass is 367 g/mol. The minimum Gasteiger partial charge on any atom is -0.493 e. The van der Waals surface area contributed by atoms with E-state index >= 15 is 0 Å². The average Bonchev–Trinajstić information content (AvgIpc) is 3.02. The van der Waals surface area contributed by atoms with E-state index in [1.54, 1.807) is 19.1 Å². The summed E-state index contributed by atoms with van der Waals surface area (Å²) < 4.78 is 15.8. The van der Waals surface area contributed by atoms with Gasteiger partial charge in [-0.1, -0.05) is 18.2 Å². The molecule has 0 bridgehead atoms. The molecule has 0 aliphatic heterocycles. The van der Waals surface area contributed by atoms with Gasteiger partial charge in [0.1, 0.15) is 0 Å². The van der Waals surface area contributed by atoms with Crippen LogP contribution in [0, 0.1) is 6.92 Å². The fraction of sp³-hybridized carbons (Fsp3) is 0.238. The quantitative estimate of drug-likeness (QED) is 0.528. The summed E-state index contributed by atoms with van der Waals surface area (Å²) in [4.78, 5) is 28.5. The number of aromatic nitrogens is 1. The van der Waals surface area contributed by atoms with E-state index in [1.807, 2.05) is 31.2 Å². The molecule has 0 spiro atoms. The van der Waals surface area contributed by atoms with E-state index in [2.05, 4.69) is 4.98 Å². The van der Waals surface area contributed by atoms with Crippen LogP contribution in [0.5, 0.6) is 11.5 Å². The van der Waals surface area contributed by atoms with Crippen LogP contribution in [0.1, 0.15) is 33.3 Å². The van der Waals surface area contributed by atoms with Gasteiger partial charge in [0, 0.05) is 22.2 Å². The maximum absolute atomic E-state index is 12.9. The van der Waals surface area contributed by atoms with Crippen molar-refractivity contribution in [2.75, 3.05) is 14.2 Å². The number of fused-ring (bicyclic) bond motifs is 1. The molecule has 1 atom stereocenters. The summed E-state index contributed by atoms with van der Waals surface area (Å²) in [7, 11) is 3.00. The maximum Gasteiger partial charge on any atom is 0.338 e. The number of carbonyl (C=O) groups excluding carboxylic acids is 2. The van der Waals surface area contributed by atoms with Gasteiger partial charge in [-0.25, -0.2) is 4.79 Å². The van der Waals surface area contributed by atoms with Gasteiger partial charge in [0.25, 0.3) is 0 Å². The van der Waals surface area contributed by atoms with Gasteiger partial charge in [-0.2, -0.15) is 0 Å². The molecule has 0 radical (unpaired) electrons. The highest BCUT2D eigenvalue weighted by Crippen LogP contribution is 2.28. The van der Waals surface area contributed by atoms with Crippen molar-refractivity contribution in [2.24, 2.45) is 0 Å². The van der Waals surface area contributed by atoms with Crippen molar-refractivity contribution in [1.29, 1.82) is 0 Å². The number of aryl methyl sites for hydroxylation is 1. The van der Waals surface area contributed by atoms with Crippen molar-refractivity contribution in [2.45, 2.75) is 20.0 Å². The number of ether oxygens (including phenoxy) is 3. The van der Waals surface area contributed by atoms with E-state index in [-0.39, 0.29) is 11.3 Å². The minimum absolute atomic E-state index is 0.251. The maximum atomic E-state index is 12.9. The Morgan fingerprint density at radius 2 is 1.70 bits per heavy atom. The Kier molecular flexibility index (Phi) is 5.16. The number of benzene rings is 2. The molecule has 6 nitrogen and oxygen atoms in total. The first-order valence-corrected chi connectivity index (χ1v) is 8.50. The molecule has 6 heteroatoms. The smallest absolute Gasteiger partial charge is 0.338 e. The van der Waals surface area contributed by atoms with Gasteiger partial charge in [-0.3, -0.25) is 4.79 Å². The van der Waals surface area contributed by atoms with Crippen LogP contribution in [0.4, 0.5) is 0 Å². The van der Waals surface area contributed by atoms with Crippen LogP contribution in [0.2, 0.25) is 0 Å². The summed E-state index contributed by atoms with van der Waals surface area (Å²) in [6.45, 7) is 3.40. The van der Waals surface area contributed by atoms with Crippen molar-refractivity contribution < 1.29 is 23.8 Å². The standard InChI is InChI=1S/C21H21NO5/c1-12-19(15-7-5-6-8-16(15)22-12)20(23)13(2)27-21(24)14-9-10-17(25-3)18(11-14)26-4/h5-11,13,22H,1-4H3/t13-/m0/s1. The second-order valence-electron chi connectivity index (χ2n) is 6.15. The minimum atomic E-state index is -0.927. The number of Topliss-reactive ketones (excluding diaryl/α,β-unsaturated/α-hetero) is 1. The Bertz CT molecular complexity index is 1000. The fourth-order valence-corrected chi connectivity index (χ4v) is 3.04. The van der Waals surface area contributed by atoms with Crippen LogP contribution < -0.4 is 9.47 Å². The number of carbonyl (C=O) groups is 2. The SMILES string of the molecule is COc1ccc(C(=O)O[C@@H](C)C(=O)c2c(C)[nH]c3ccccc23)cc1OC. The number of esters is 1. The first-order valence-electron chi connectivity index (χ1n) is 8.50. The number of nitrogens with one attached hydrogen (secondary N) is 1. The number of para-hydroxylation sites is 1. The van der Waals surface area contributed by atoms with E-state index < -0.39 is 12.1 Å².